The van der Waals surface area contributed by atoms with Crippen LogP contribution in [0.2, 0.25) is 0 Å². The SMILES string of the molecule is CCCCCCCCCCCCCCCCC(CCCCCCCCCCCCCCCC)(CSCCC(=O)O)C(=O)O. The number of unbranched alkanes of at least 4 members (excludes halogenated alkanes) is 26. The molecule has 0 radical (unpaired) electrons. The van der Waals surface area contributed by atoms with Gasteiger partial charge >= 0.3 is 11.9 Å². The van der Waals surface area contributed by atoms with E-state index in [1.165, 1.54) is 166 Å². The summed E-state index contributed by atoms with van der Waals surface area (Å²) in [7, 11) is 0. The molecule has 0 aromatic rings. The fraction of sp³-hybridized carbons (Fsp3) is 0.947. The summed E-state index contributed by atoms with van der Waals surface area (Å²) >= 11 is 1.53. The third kappa shape index (κ3) is 28.5. The van der Waals surface area contributed by atoms with E-state index in [2.05, 4.69) is 13.8 Å². The molecule has 0 heterocycles. The Morgan fingerprint density at radius 1 is 0.465 bits per heavy atom. The van der Waals surface area contributed by atoms with E-state index in [9.17, 15) is 14.7 Å². The van der Waals surface area contributed by atoms with Crippen LogP contribution in [-0.4, -0.2) is 33.7 Å². The van der Waals surface area contributed by atoms with Crippen LogP contribution in [0.4, 0.5) is 0 Å². The second-order valence-electron chi connectivity index (χ2n) is 13.5. The lowest BCUT2D eigenvalue weighted by molar-refractivity contribution is -0.148. The van der Waals surface area contributed by atoms with Gasteiger partial charge in [0, 0.05) is 11.5 Å². The summed E-state index contributed by atoms with van der Waals surface area (Å²) in [6, 6.07) is 0. The van der Waals surface area contributed by atoms with Gasteiger partial charge < -0.3 is 10.2 Å². The zero-order chi connectivity index (χ0) is 31.7. The molecule has 0 aliphatic heterocycles. The smallest absolute Gasteiger partial charge is 0.310 e. The van der Waals surface area contributed by atoms with Crippen molar-refractivity contribution in [2.45, 2.75) is 213 Å². The molecule has 0 aromatic heterocycles. The zero-order valence-electron chi connectivity index (χ0n) is 29.0. The van der Waals surface area contributed by atoms with Gasteiger partial charge in [0.25, 0.3) is 0 Å². The lowest BCUT2D eigenvalue weighted by Crippen LogP contribution is -2.34. The van der Waals surface area contributed by atoms with Crippen LogP contribution in [-0.2, 0) is 9.59 Å². The van der Waals surface area contributed by atoms with E-state index in [0.717, 1.165) is 38.5 Å². The Balaban J connectivity index is 4.16. The summed E-state index contributed by atoms with van der Waals surface area (Å²) in [6.45, 7) is 4.54. The Hall–Kier alpha value is -0.710. The highest BCUT2D eigenvalue weighted by molar-refractivity contribution is 7.99. The van der Waals surface area contributed by atoms with Crippen LogP contribution in [0.15, 0.2) is 0 Å². The van der Waals surface area contributed by atoms with Gasteiger partial charge in [0.2, 0.25) is 0 Å². The minimum Gasteiger partial charge on any atom is -0.481 e. The Kier molecular flexibility index (Phi) is 32.1. The van der Waals surface area contributed by atoms with Crippen molar-refractivity contribution in [3.05, 3.63) is 0 Å². The molecule has 0 saturated carbocycles. The van der Waals surface area contributed by atoms with Gasteiger partial charge in [-0.3, -0.25) is 9.59 Å². The molecule has 0 atom stereocenters. The molecule has 2 N–H and O–H groups in total. The molecule has 0 saturated heterocycles. The number of carboxylic acid groups (broad SMARTS) is 2. The minimum atomic E-state index is -0.799. The van der Waals surface area contributed by atoms with E-state index < -0.39 is 17.4 Å². The number of carbonyl (C=O) groups is 2. The summed E-state index contributed by atoms with van der Waals surface area (Å²) in [6.07, 6.45) is 38.1. The number of hydrogen-bond acceptors (Lipinski definition) is 3. The van der Waals surface area contributed by atoms with Crippen LogP contribution in [0.25, 0.3) is 0 Å². The van der Waals surface area contributed by atoms with Gasteiger partial charge in [-0.25, -0.2) is 0 Å². The first-order valence-electron chi connectivity index (χ1n) is 19.0. The molecule has 0 amide bonds. The van der Waals surface area contributed by atoms with Gasteiger partial charge in [0.1, 0.15) is 0 Å². The molecular formula is C38H74O4S. The second kappa shape index (κ2) is 32.7. The fourth-order valence-corrected chi connectivity index (χ4v) is 7.55. The third-order valence-electron chi connectivity index (χ3n) is 9.31. The summed E-state index contributed by atoms with van der Waals surface area (Å²) in [5, 5.41) is 19.3. The Morgan fingerprint density at radius 2 is 0.744 bits per heavy atom. The largest absolute Gasteiger partial charge is 0.481 e. The van der Waals surface area contributed by atoms with Crippen LogP contribution in [0, 0.1) is 5.41 Å². The number of carboxylic acids is 2. The maximum absolute atomic E-state index is 12.5. The average molecular weight is 627 g/mol. The first kappa shape index (κ1) is 42.3. The summed E-state index contributed by atoms with van der Waals surface area (Å²) < 4.78 is 0. The lowest BCUT2D eigenvalue weighted by atomic mass is 9.79. The standard InChI is InChI=1S/C38H74O4S/c1-3-5-7-9-11-13-15-17-19-21-23-25-27-29-32-38(37(41)42,35-43-34-31-36(39)40)33-30-28-26-24-22-20-18-16-14-12-10-8-6-4-2/h3-35H2,1-2H3,(H,39,40)(H,41,42). The van der Waals surface area contributed by atoms with Crippen LogP contribution in [0.3, 0.4) is 0 Å². The Bertz CT molecular complexity index is 577. The number of hydrogen-bond donors (Lipinski definition) is 2. The molecule has 0 fully saturated rings. The molecule has 5 heteroatoms. The highest BCUT2D eigenvalue weighted by Crippen LogP contribution is 2.36. The molecule has 43 heavy (non-hydrogen) atoms. The molecular weight excluding hydrogens is 552 g/mol. The van der Waals surface area contributed by atoms with E-state index in [0.29, 0.717) is 11.5 Å². The molecule has 0 aliphatic rings. The molecule has 0 unspecified atom stereocenters. The van der Waals surface area contributed by atoms with Crippen molar-refractivity contribution < 1.29 is 19.8 Å². The van der Waals surface area contributed by atoms with Gasteiger partial charge in [-0.1, -0.05) is 194 Å². The molecule has 0 aromatic carbocycles. The summed E-state index contributed by atoms with van der Waals surface area (Å²) in [4.78, 5) is 23.5. The lowest BCUT2D eigenvalue weighted by Gasteiger charge is -2.29. The normalized spacial score (nSPS) is 11.8. The monoisotopic (exact) mass is 627 g/mol. The summed E-state index contributed by atoms with van der Waals surface area (Å²) in [5.74, 6) is -0.416. The van der Waals surface area contributed by atoms with Crippen molar-refractivity contribution in [2.24, 2.45) is 5.41 Å². The third-order valence-corrected chi connectivity index (χ3v) is 10.6. The fourth-order valence-electron chi connectivity index (χ4n) is 6.29. The maximum atomic E-state index is 12.5. The van der Waals surface area contributed by atoms with Gasteiger partial charge in [-0.15, -0.1) is 0 Å². The number of rotatable bonds is 36. The molecule has 0 bridgehead atoms. The average Bonchev–Trinajstić information content (AvgIpc) is 2.99. The molecule has 0 spiro atoms. The highest BCUT2D eigenvalue weighted by atomic mass is 32.2. The molecule has 0 aliphatic carbocycles. The molecule has 0 rings (SSSR count). The highest BCUT2D eigenvalue weighted by Gasteiger charge is 2.37. The van der Waals surface area contributed by atoms with E-state index >= 15 is 0 Å². The van der Waals surface area contributed by atoms with Crippen LogP contribution < -0.4 is 0 Å². The molecule has 256 valence electrons. The van der Waals surface area contributed by atoms with Crippen molar-refractivity contribution in [2.75, 3.05) is 11.5 Å². The number of thioether (sulfide) groups is 1. The van der Waals surface area contributed by atoms with E-state index in [1.54, 1.807) is 0 Å². The summed E-state index contributed by atoms with van der Waals surface area (Å²) in [5.41, 5.74) is -0.697. The first-order valence-corrected chi connectivity index (χ1v) is 20.2. The van der Waals surface area contributed by atoms with Gasteiger partial charge in [-0.05, 0) is 12.8 Å². The number of aliphatic carboxylic acids is 2. The van der Waals surface area contributed by atoms with Crippen LogP contribution in [0.5, 0.6) is 0 Å². The van der Waals surface area contributed by atoms with Crippen molar-refractivity contribution in [3.8, 4) is 0 Å². The van der Waals surface area contributed by atoms with Crippen molar-refractivity contribution in [3.63, 3.8) is 0 Å². The topological polar surface area (TPSA) is 74.6 Å². The van der Waals surface area contributed by atoms with Crippen LogP contribution >= 0.6 is 11.8 Å². The Labute approximate surface area is 272 Å². The van der Waals surface area contributed by atoms with Gasteiger partial charge in [-0.2, -0.15) is 11.8 Å². The predicted octanol–water partition coefficient (Wildman–Crippen LogP) is 13.0. The minimum absolute atomic E-state index is 0.109. The van der Waals surface area contributed by atoms with E-state index in [4.69, 9.17) is 5.11 Å². The zero-order valence-corrected chi connectivity index (χ0v) is 29.8. The maximum Gasteiger partial charge on any atom is 0.310 e. The van der Waals surface area contributed by atoms with Gasteiger partial charge in [0.15, 0.2) is 0 Å². The van der Waals surface area contributed by atoms with Crippen molar-refractivity contribution in [1.29, 1.82) is 0 Å². The van der Waals surface area contributed by atoms with E-state index in [-0.39, 0.29) is 6.42 Å². The van der Waals surface area contributed by atoms with Gasteiger partial charge in [0.05, 0.1) is 11.8 Å². The van der Waals surface area contributed by atoms with Crippen LogP contribution in [0.1, 0.15) is 213 Å². The quantitative estimate of drug-likeness (QED) is 0.0677. The van der Waals surface area contributed by atoms with E-state index in [1.807, 2.05) is 0 Å². The first-order chi connectivity index (χ1) is 21.0. The predicted molar refractivity (Wildman–Crippen MR) is 190 cm³/mol. The molecule has 4 nitrogen and oxygen atoms in total. The second-order valence-corrected chi connectivity index (χ2v) is 14.6. The van der Waals surface area contributed by atoms with Crippen molar-refractivity contribution in [1.82, 2.24) is 0 Å². The van der Waals surface area contributed by atoms with Crippen molar-refractivity contribution >= 4 is 23.7 Å². The Morgan fingerprint density at radius 3 is 1.00 bits per heavy atom.